The Bertz CT molecular complexity index is 699. The largest absolute Gasteiger partial charge is 0.333 e. The number of nitrogens with zero attached hydrogens (tertiary/aromatic N) is 1. The number of carbonyl (C=O) groups is 1. The minimum Gasteiger partial charge on any atom is -0.333 e. The molecule has 1 aromatic carbocycles. The number of benzene rings is 1. The predicted octanol–water partition coefficient (Wildman–Crippen LogP) is 2.86. The minimum atomic E-state index is -0.249. The molecule has 2 aromatic rings. The highest BCUT2D eigenvalue weighted by molar-refractivity contribution is 7.20. The molecule has 21 heavy (non-hydrogen) atoms. The minimum absolute atomic E-state index is 0.106. The van der Waals surface area contributed by atoms with E-state index < -0.39 is 0 Å². The number of piperidine rings is 1. The summed E-state index contributed by atoms with van der Waals surface area (Å²) in [5.41, 5.74) is 0. The van der Waals surface area contributed by atoms with E-state index in [1.54, 1.807) is 6.07 Å². The van der Waals surface area contributed by atoms with E-state index in [9.17, 15) is 9.18 Å². The van der Waals surface area contributed by atoms with E-state index in [-0.39, 0.29) is 11.7 Å². The normalized spacial score (nSPS) is 25.3. The van der Waals surface area contributed by atoms with Gasteiger partial charge in [0.15, 0.2) is 0 Å². The second-order valence-corrected chi connectivity index (χ2v) is 7.00. The molecule has 110 valence electrons. The summed E-state index contributed by atoms with van der Waals surface area (Å²) in [7, 11) is 0. The molecule has 2 unspecified atom stereocenters. The number of carbonyl (C=O) groups excluding carboxylic acids is 1. The number of fused-ring (bicyclic) bond motifs is 2. The van der Waals surface area contributed by atoms with Crippen molar-refractivity contribution in [3.63, 3.8) is 0 Å². The second-order valence-electron chi connectivity index (χ2n) is 5.92. The Balaban J connectivity index is 1.66. The van der Waals surface area contributed by atoms with Crippen molar-refractivity contribution in [2.24, 2.45) is 5.92 Å². The molecule has 0 radical (unpaired) electrons. The van der Waals surface area contributed by atoms with Crippen molar-refractivity contribution in [2.75, 3.05) is 19.6 Å². The third-order valence-electron chi connectivity index (χ3n) is 4.63. The Kier molecular flexibility index (Phi) is 3.19. The number of likely N-dealkylation sites (tertiary alicyclic amines) is 1. The molecule has 3 nitrogen and oxygen atoms in total. The number of hydrogen-bond acceptors (Lipinski definition) is 3. The number of rotatable bonds is 1. The van der Waals surface area contributed by atoms with Crippen molar-refractivity contribution in [3.8, 4) is 0 Å². The van der Waals surface area contributed by atoms with Crippen LogP contribution in [0.5, 0.6) is 0 Å². The van der Waals surface area contributed by atoms with Crippen LogP contribution in [0.3, 0.4) is 0 Å². The van der Waals surface area contributed by atoms with Crippen LogP contribution in [0.15, 0.2) is 24.3 Å². The summed E-state index contributed by atoms with van der Waals surface area (Å²) in [6, 6.07) is 6.92. The zero-order valence-corrected chi connectivity index (χ0v) is 12.5. The Labute approximate surface area is 126 Å². The predicted molar refractivity (Wildman–Crippen MR) is 82.2 cm³/mol. The Hall–Kier alpha value is -1.46. The maximum Gasteiger partial charge on any atom is 0.264 e. The number of halogens is 1. The number of hydrogen-bond donors (Lipinski definition) is 1. The Morgan fingerprint density at radius 2 is 2.24 bits per heavy atom. The summed E-state index contributed by atoms with van der Waals surface area (Å²) in [5, 5.41) is 4.34. The zero-order valence-electron chi connectivity index (χ0n) is 11.6. The SMILES string of the molecule is O=C(c1cc2ccc(F)cc2s1)N1CCCC2CNCC21. The molecule has 2 saturated heterocycles. The van der Waals surface area contributed by atoms with E-state index in [0.717, 1.165) is 41.0 Å². The van der Waals surface area contributed by atoms with Crippen molar-refractivity contribution >= 4 is 27.3 Å². The van der Waals surface area contributed by atoms with Crippen LogP contribution < -0.4 is 5.32 Å². The lowest BCUT2D eigenvalue weighted by molar-refractivity contribution is 0.0580. The van der Waals surface area contributed by atoms with E-state index in [0.29, 0.717) is 12.0 Å². The van der Waals surface area contributed by atoms with Crippen LogP contribution in [0.1, 0.15) is 22.5 Å². The Morgan fingerprint density at radius 1 is 1.33 bits per heavy atom. The third kappa shape index (κ3) is 2.24. The van der Waals surface area contributed by atoms with Gasteiger partial charge in [-0.3, -0.25) is 4.79 Å². The molecule has 5 heteroatoms. The lowest BCUT2D eigenvalue weighted by Gasteiger charge is -2.36. The first-order valence-electron chi connectivity index (χ1n) is 7.43. The molecular weight excluding hydrogens is 287 g/mol. The Morgan fingerprint density at radius 3 is 3.14 bits per heavy atom. The summed E-state index contributed by atoms with van der Waals surface area (Å²) < 4.78 is 14.1. The maximum absolute atomic E-state index is 13.3. The van der Waals surface area contributed by atoms with Crippen LogP contribution in [0, 0.1) is 11.7 Å². The van der Waals surface area contributed by atoms with Gasteiger partial charge >= 0.3 is 0 Å². The molecule has 0 spiro atoms. The molecule has 2 aliphatic rings. The molecule has 2 aliphatic heterocycles. The van der Waals surface area contributed by atoms with Gasteiger partial charge in [-0.25, -0.2) is 4.39 Å². The highest BCUT2D eigenvalue weighted by Crippen LogP contribution is 2.31. The average molecular weight is 304 g/mol. The second kappa shape index (κ2) is 5.07. The fourth-order valence-corrected chi connectivity index (χ4v) is 4.62. The summed E-state index contributed by atoms with van der Waals surface area (Å²) in [6.45, 7) is 2.76. The smallest absolute Gasteiger partial charge is 0.264 e. The van der Waals surface area contributed by atoms with Gasteiger partial charge in [-0.1, -0.05) is 6.07 Å². The highest BCUT2D eigenvalue weighted by atomic mass is 32.1. The van der Waals surface area contributed by atoms with Crippen LogP contribution in [0.25, 0.3) is 10.1 Å². The van der Waals surface area contributed by atoms with Crippen LogP contribution in [-0.2, 0) is 0 Å². The fraction of sp³-hybridized carbons (Fsp3) is 0.438. The summed E-state index contributed by atoms with van der Waals surface area (Å²) in [6.07, 6.45) is 2.28. The van der Waals surface area contributed by atoms with Gasteiger partial charge in [0.2, 0.25) is 0 Å². The number of nitrogens with one attached hydrogen (secondary N) is 1. The van der Waals surface area contributed by atoms with Crippen LogP contribution in [-0.4, -0.2) is 36.5 Å². The molecule has 0 bridgehead atoms. The van der Waals surface area contributed by atoms with Crippen molar-refractivity contribution in [1.29, 1.82) is 0 Å². The quantitative estimate of drug-likeness (QED) is 0.878. The summed E-state index contributed by atoms with van der Waals surface area (Å²) in [4.78, 5) is 15.6. The van der Waals surface area contributed by atoms with Crippen molar-refractivity contribution in [3.05, 3.63) is 35.0 Å². The molecule has 2 fully saturated rings. The molecule has 1 amide bonds. The molecule has 1 N–H and O–H groups in total. The number of amides is 1. The lowest BCUT2D eigenvalue weighted by atomic mass is 9.92. The maximum atomic E-state index is 13.3. The first-order valence-corrected chi connectivity index (χ1v) is 8.25. The zero-order chi connectivity index (χ0) is 14.4. The molecular formula is C16H17FN2OS. The van der Waals surface area contributed by atoms with Gasteiger partial charge in [-0.05, 0) is 42.3 Å². The van der Waals surface area contributed by atoms with Gasteiger partial charge in [0, 0.05) is 30.4 Å². The summed E-state index contributed by atoms with van der Waals surface area (Å²) in [5.74, 6) is 0.450. The van der Waals surface area contributed by atoms with Crippen molar-refractivity contribution < 1.29 is 9.18 Å². The molecule has 0 saturated carbocycles. The van der Waals surface area contributed by atoms with Gasteiger partial charge in [-0.15, -0.1) is 11.3 Å². The summed E-state index contributed by atoms with van der Waals surface area (Å²) >= 11 is 1.40. The molecule has 2 atom stereocenters. The van der Waals surface area contributed by atoms with Gasteiger partial charge in [0.25, 0.3) is 5.91 Å². The monoisotopic (exact) mass is 304 g/mol. The average Bonchev–Trinajstić information content (AvgIpc) is 3.11. The van der Waals surface area contributed by atoms with Crippen molar-refractivity contribution in [2.45, 2.75) is 18.9 Å². The van der Waals surface area contributed by atoms with Crippen molar-refractivity contribution in [1.82, 2.24) is 10.2 Å². The first kappa shape index (κ1) is 13.2. The van der Waals surface area contributed by atoms with E-state index in [2.05, 4.69) is 5.32 Å². The van der Waals surface area contributed by atoms with Gasteiger partial charge in [0.05, 0.1) is 4.88 Å². The fourth-order valence-electron chi connectivity index (χ4n) is 3.57. The standard InChI is InChI=1S/C16H17FN2OS/c17-12-4-3-10-6-15(21-14(10)7-12)16(20)19-5-1-2-11-8-18-9-13(11)19/h3-4,6-7,11,13,18H,1-2,5,8-9H2. The molecule has 4 rings (SSSR count). The van der Waals surface area contributed by atoms with Crippen LogP contribution in [0.4, 0.5) is 4.39 Å². The first-order chi connectivity index (χ1) is 10.2. The van der Waals surface area contributed by atoms with Gasteiger partial charge < -0.3 is 10.2 Å². The topological polar surface area (TPSA) is 32.3 Å². The third-order valence-corrected chi connectivity index (χ3v) is 5.72. The van der Waals surface area contributed by atoms with E-state index in [1.165, 1.54) is 29.9 Å². The van der Waals surface area contributed by atoms with E-state index >= 15 is 0 Å². The van der Waals surface area contributed by atoms with Gasteiger partial charge in [-0.2, -0.15) is 0 Å². The molecule has 3 heterocycles. The molecule has 1 aromatic heterocycles. The van der Waals surface area contributed by atoms with Crippen LogP contribution in [0.2, 0.25) is 0 Å². The molecule has 0 aliphatic carbocycles. The number of thiophene rings is 1. The highest BCUT2D eigenvalue weighted by Gasteiger charge is 2.37. The van der Waals surface area contributed by atoms with E-state index in [1.807, 2.05) is 11.0 Å². The lowest BCUT2D eigenvalue weighted by Crippen LogP contribution is -2.48. The van der Waals surface area contributed by atoms with E-state index in [4.69, 9.17) is 0 Å². The van der Waals surface area contributed by atoms with Crippen LogP contribution >= 0.6 is 11.3 Å². The van der Waals surface area contributed by atoms with Gasteiger partial charge in [0.1, 0.15) is 5.82 Å².